The number of guanidine groups is 4. The standard InChI is InChI=1S/C64H90N24.4C2HF3O2.Zn/c1-13-65-61(69-33-21-37-85(5)6)73-45-29-17-25-41-49(45)57-77-53(41)82-58-51-43(27-19-31-47(51)75-63(67-15-3)71-35-23-39-87(9)10)55(79-58)84-60-52-44(28-20-32-48(52)76-64(68-16-4)72-36-24-40-88(11)12)56(80-60)83-59-50-42(54(78-59)81-57)26-18-30-46(50)74-62(66-14-2)70-34-22-38-86(7)8;4*3-2(4,5)1(6)7;/h17-20,25-32H,13-16,21-24,33-40H2,1-12H3,(H2,65,69,73)(H2,66,70,74)(H2,67,71,75)(H2,68,72,76)(H2,77,78,79,80,81,82,83,84);4*(H,6,7);/q;;;;;+2. The average Bonchev–Trinajstić information content (AvgIpc) is 1.59. The van der Waals surface area contributed by atoms with E-state index in [1.807, 2.05) is 88.4 Å². The number of aliphatic imine (C=N–C) groups is 4. The number of nitrogens with zero attached hydrogens (tertiary/aromatic N) is 14. The second-order valence-corrected chi connectivity index (χ2v) is 25.9. The number of hydrogen-bond donors (Lipinski definition) is 14. The molecule has 117 heavy (non-hydrogen) atoms. The van der Waals surface area contributed by atoms with E-state index in [0.29, 0.717) is 95.9 Å². The normalized spacial score (nSPS) is 12.3. The van der Waals surface area contributed by atoms with Crippen LogP contribution in [0.1, 0.15) is 53.4 Å². The first kappa shape index (κ1) is 98.2. The Hall–Kier alpha value is -11.2. The Kier molecular flexibility index (Phi) is 38.6. The number of aliphatic carboxylic acids is 4. The largest absolute Gasteiger partial charge is 2.00 e. The first-order valence-corrected chi connectivity index (χ1v) is 35.9. The Labute approximate surface area is 676 Å². The monoisotopic (exact) mass is 1710 g/mol. The van der Waals surface area contributed by atoms with Crippen LogP contribution >= 0.6 is 0 Å². The molecule has 45 heteroatoms. The summed E-state index contributed by atoms with van der Waals surface area (Å²) in [4.78, 5) is 104. The number of nitrogens with one attached hydrogen (secondary N) is 10. The number of alkyl halides is 12. The predicted molar refractivity (Wildman–Crippen MR) is 422 cm³/mol. The van der Waals surface area contributed by atoms with Gasteiger partial charge in [0.1, 0.15) is 22.6 Å². The number of aromatic nitrogens is 8. The van der Waals surface area contributed by atoms with Crippen LogP contribution in [0.15, 0.2) is 92.8 Å². The number of H-pyrrole nitrogens is 2. The molecular weight excluding hydrogens is 1620 g/mol. The van der Waals surface area contributed by atoms with E-state index < -0.39 is 48.6 Å². The summed E-state index contributed by atoms with van der Waals surface area (Å²) in [6.07, 6.45) is -16.6. The van der Waals surface area contributed by atoms with E-state index in [0.717, 1.165) is 145 Å². The van der Waals surface area contributed by atoms with Gasteiger partial charge in [-0.2, -0.15) is 52.7 Å². The van der Waals surface area contributed by atoms with Crippen LogP contribution in [0.5, 0.6) is 0 Å². The van der Waals surface area contributed by atoms with E-state index in [9.17, 15) is 52.7 Å². The van der Waals surface area contributed by atoms with Crippen LogP contribution in [-0.2, 0) is 38.7 Å². The zero-order valence-corrected chi connectivity index (χ0v) is 69.1. The molecule has 0 spiro atoms. The fraction of sp³-hybridized carbons (Fsp3) is 0.444. The van der Waals surface area contributed by atoms with E-state index in [1.165, 1.54) is 0 Å². The first-order chi connectivity index (χ1) is 54.5. The fourth-order valence-corrected chi connectivity index (χ4v) is 10.5. The Morgan fingerprint density at radius 1 is 0.359 bits per heavy atom. The molecule has 8 bridgehead atoms. The summed E-state index contributed by atoms with van der Waals surface area (Å²) < 4.78 is 127. The molecular formula is C72H94F12N24O8Zn+2. The van der Waals surface area contributed by atoms with Crippen LogP contribution in [0.2, 0.25) is 0 Å². The summed E-state index contributed by atoms with van der Waals surface area (Å²) >= 11 is 0. The summed E-state index contributed by atoms with van der Waals surface area (Å²) in [6.45, 7) is 17.0. The van der Waals surface area contributed by atoms with Crippen molar-refractivity contribution in [3.8, 4) is 45.6 Å². The summed E-state index contributed by atoms with van der Waals surface area (Å²) in [7, 11) is 16.7. The Bertz CT molecular complexity index is 4440. The molecule has 2 aliphatic rings. The average molecular weight is 1720 g/mol. The third kappa shape index (κ3) is 31.1. The molecule has 0 fully saturated rings. The molecule has 5 heterocycles. The van der Waals surface area contributed by atoms with Gasteiger partial charge >= 0.3 is 68.1 Å². The summed E-state index contributed by atoms with van der Waals surface area (Å²) in [5.74, 6) is -6.67. The van der Waals surface area contributed by atoms with Gasteiger partial charge in [-0.1, -0.05) is 48.5 Å². The van der Waals surface area contributed by atoms with Gasteiger partial charge in [-0.15, -0.1) is 0 Å². The molecule has 0 saturated carbocycles. The van der Waals surface area contributed by atoms with Gasteiger partial charge in [0, 0.05) is 74.3 Å². The molecule has 4 aromatic carbocycles. The van der Waals surface area contributed by atoms with Gasteiger partial charge in [0.25, 0.3) is 0 Å². The molecule has 0 unspecified atom stereocenters. The third-order valence-corrected chi connectivity index (χ3v) is 15.5. The van der Waals surface area contributed by atoms with Gasteiger partial charge in [-0.05, 0) is 160 Å². The van der Waals surface area contributed by atoms with E-state index in [1.54, 1.807) is 0 Å². The van der Waals surface area contributed by atoms with E-state index in [2.05, 4.69) is 141 Å². The van der Waals surface area contributed by atoms with Crippen LogP contribution in [0, 0.1) is 0 Å². The first-order valence-electron chi connectivity index (χ1n) is 35.9. The van der Waals surface area contributed by atoms with Crippen molar-refractivity contribution in [3.63, 3.8) is 0 Å². The minimum absolute atomic E-state index is 0. The van der Waals surface area contributed by atoms with Crippen molar-refractivity contribution in [2.75, 3.05) is 156 Å². The zero-order valence-electron chi connectivity index (χ0n) is 66.2. The van der Waals surface area contributed by atoms with Crippen molar-refractivity contribution in [1.82, 2.24) is 80.7 Å². The number of carboxylic acid groups (broad SMARTS) is 4. The fourth-order valence-electron chi connectivity index (χ4n) is 10.5. The molecule has 0 amide bonds. The molecule has 0 aliphatic carbocycles. The molecule has 0 saturated heterocycles. The minimum atomic E-state index is -5.08. The molecule has 32 nitrogen and oxygen atoms in total. The van der Waals surface area contributed by atoms with E-state index >= 15 is 0 Å². The summed E-state index contributed by atoms with van der Waals surface area (Å²) in [5, 5.41) is 60.6. The number of aromatic amines is 2. The van der Waals surface area contributed by atoms with Gasteiger partial charge in [0.05, 0.1) is 44.6 Å². The van der Waals surface area contributed by atoms with E-state index in [-0.39, 0.29) is 19.5 Å². The Morgan fingerprint density at radius 2 is 0.590 bits per heavy atom. The number of rotatable bonds is 24. The van der Waals surface area contributed by atoms with Crippen molar-refractivity contribution in [3.05, 3.63) is 72.8 Å². The summed E-state index contributed by atoms with van der Waals surface area (Å²) in [5.41, 5.74) is 8.22. The quantitative estimate of drug-likeness (QED) is 0.00878. The van der Waals surface area contributed by atoms with Crippen LogP contribution < -0.4 is 42.5 Å². The van der Waals surface area contributed by atoms with Gasteiger partial charge in [-0.25, -0.2) is 49.1 Å². The molecule has 3 aromatic heterocycles. The number of halogens is 12. The smallest absolute Gasteiger partial charge is 0.475 e. The number of carboxylic acids is 4. The van der Waals surface area contributed by atoms with Crippen molar-refractivity contribution >= 4 is 115 Å². The topological polar surface area (TPSA) is 417 Å². The number of fused-ring (bicyclic) bond motifs is 20. The van der Waals surface area contributed by atoms with Crippen molar-refractivity contribution < 1.29 is 112 Å². The minimum Gasteiger partial charge on any atom is -0.475 e. The molecule has 7 aromatic rings. The van der Waals surface area contributed by atoms with Crippen LogP contribution in [0.4, 0.5) is 75.4 Å². The molecule has 9 rings (SSSR count). The molecule has 2 aliphatic heterocycles. The number of benzene rings is 4. The second-order valence-electron chi connectivity index (χ2n) is 25.9. The maximum absolute atomic E-state index is 10.6. The maximum atomic E-state index is 10.6. The van der Waals surface area contributed by atoms with Crippen LogP contribution in [0.3, 0.4) is 0 Å². The number of anilines is 4. The Morgan fingerprint density at radius 3 is 0.829 bits per heavy atom. The van der Waals surface area contributed by atoms with Crippen molar-refractivity contribution in [1.29, 1.82) is 0 Å². The van der Waals surface area contributed by atoms with Crippen molar-refractivity contribution in [2.24, 2.45) is 20.0 Å². The summed E-state index contributed by atoms with van der Waals surface area (Å²) in [6, 6.07) is 24.4. The molecule has 0 radical (unpaired) electrons. The van der Waals surface area contributed by atoms with Gasteiger partial charge < -0.3 is 92.5 Å². The Balaban J connectivity index is 0.000000847. The number of hydrogen-bond acceptors (Lipinski definition) is 18. The maximum Gasteiger partial charge on any atom is 2.00 e. The van der Waals surface area contributed by atoms with Crippen LogP contribution in [-0.4, -0.2) is 287 Å². The zero-order chi connectivity index (χ0) is 86.4. The van der Waals surface area contributed by atoms with Crippen molar-refractivity contribution in [2.45, 2.75) is 78.1 Å². The SMILES string of the molecule is CCN=C(NCCCN(C)C)Nc1cccc2c1-c1nc-2nc2[nH]c(nc3nc(nc4[nH]c(n1)c1cccc(NC(=NCC)NCCCN(C)C)c41)-c1cccc(NC(=NCC)NCCCN(C)C)c1-3)c1cccc(NC(=NCC)NCCCN(C)C)c21.O=C(O)C(F)(F)F.O=C(O)C(F)(F)F.O=C(O)C(F)(F)F.O=C(O)C(F)(F)F.[Zn+2]. The second kappa shape index (κ2) is 45.9. The van der Waals surface area contributed by atoms with Gasteiger partial charge in [0.2, 0.25) is 0 Å². The van der Waals surface area contributed by atoms with E-state index in [4.69, 9.17) is 89.5 Å². The van der Waals surface area contributed by atoms with Gasteiger partial charge in [0.15, 0.2) is 47.1 Å². The molecule has 14 N–H and O–H groups in total. The van der Waals surface area contributed by atoms with Gasteiger partial charge in [-0.3, -0.25) is 20.0 Å². The third-order valence-electron chi connectivity index (χ3n) is 15.5. The number of carbonyl (C=O) groups is 4. The molecule has 634 valence electrons. The molecule has 0 atom stereocenters. The predicted octanol–water partition coefficient (Wildman–Crippen LogP) is 10.7. The van der Waals surface area contributed by atoms with Crippen LogP contribution in [0.25, 0.3) is 89.7 Å².